The molecule has 2 rings (SSSR count). The maximum atomic E-state index is 5.32. The molecule has 106 valence electrons. The van der Waals surface area contributed by atoms with Crippen LogP contribution >= 0.6 is 15.9 Å². The van der Waals surface area contributed by atoms with Crippen molar-refractivity contribution in [3.05, 3.63) is 28.2 Å². The third kappa shape index (κ3) is 4.22. The van der Waals surface area contributed by atoms with Crippen LogP contribution in [0.2, 0.25) is 0 Å². The van der Waals surface area contributed by atoms with Crippen LogP contribution in [-0.2, 0) is 6.42 Å². The lowest BCUT2D eigenvalue weighted by molar-refractivity contribution is 0.410. The van der Waals surface area contributed by atoms with E-state index in [-0.39, 0.29) is 0 Å². The fourth-order valence-corrected chi connectivity index (χ4v) is 2.82. The van der Waals surface area contributed by atoms with Gasteiger partial charge in [-0.1, -0.05) is 29.8 Å². The van der Waals surface area contributed by atoms with Crippen LogP contribution in [0.15, 0.2) is 22.7 Å². The number of halogens is 1. The lowest BCUT2D eigenvalue weighted by Crippen LogP contribution is -2.28. The molecule has 2 nitrogen and oxygen atoms in total. The molecule has 1 aliphatic rings. The zero-order chi connectivity index (χ0) is 13.9. The molecule has 0 saturated heterocycles. The number of hydrogen-bond acceptors (Lipinski definition) is 2. The fourth-order valence-electron chi connectivity index (χ4n) is 2.44. The van der Waals surface area contributed by atoms with Gasteiger partial charge in [0.25, 0.3) is 0 Å². The first kappa shape index (κ1) is 14.9. The summed E-state index contributed by atoms with van der Waals surface area (Å²) in [5.74, 6) is 1.67. The number of nitrogens with one attached hydrogen (secondary N) is 1. The second-order valence-electron chi connectivity index (χ2n) is 6.16. The van der Waals surface area contributed by atoms with Crippen molar-refractivity contribution in [2.45, 2.75) is 33.1 Å². The van der Waals surface area contributed by atoms with Crippen LogP contribution in [0.4, 0.5) is 0 Å². The van der Waals surface area contributed by atoms with Gasteiger partial charge in [-0.15, -0.1) is 0 Å². The van der Waals surface area contributed by atoms with Gasteiger partial charge >= 0.3 is 0 Å². The molecule has 0 aromatic heterocycles. The molecule has 1 fully saturated rings. The highest BCUT2D eigenvalue weighted by Crippen LogP contribution is 2.48. The molecule has 0 amide bonds. The number of benzene rings is 1. The topological polar surface area (TPSA) is 21.3 Å². The van der Waals surface area contributed by atoms with E-state index < -0.39 is 0 Å². The van der Waals surface area contributed by atoms with Crippen LogP contribution < -0.4 is 10.1 Å². The van der Waals surface area contributed by atoms with Gasteiger partial charge in [-0.3, -0.25) is 0 Å². The smallest absolute Gasteiger partial charge is 0.119 e. The molecule has 19 heavy (non-hydrogen) atoms. The average molecular weight is 326 g/mol. The van der Waals surface area contributed by atoms with E-state index in [4.69, 9.17) is 4.74 Å². The Kier molecular flexibility index (Phi) is 4.91. The minimum absolute atomic E-state index is 0.476. The molecule has 1 aromatic carbocycles. The molecule has 0 heterocycles. The van der Waals surface area contributed by atoms with Crippen molar-refractivity contribution >= 4 is 15.9 Å². The van der Waals surface area contributed by atoms with E-state index in [1.54, 1.807) is 7.11 Å². The van der Waals surface area contributed by atoms with E-state index in [1.165, 1.54) is 22.9 Å². The largest absolute Gasteiger partial charge is 0.497 e. The third-order valence-electron chi connectivity index (χ3n) is 3.83. The highest BCUT2D eigenvalue weighted by Gasteiger charge is 2.42. The molecule has 0 spiro atoms. The first-order valence-electron chi connectivity index (χ1n) is 7.08. The van der Waals surface area contributed by atoms with Gasteiger partial charge in [-0.25, -0.2) is 0 Å². The predicted octanol–water partition coefficient (Wildman–Crippen LogP) is 4.03. The Hall–Kier alpha value is -0.540. The van der Waals surface area contributed by atoms with Gasteiger partial charge in [0.1, 0.15) is 5.75 Å². The maximum Gasteiger partial charge on any atom is 0.119 e. The van der Waals surface area contributed by atoms with Crippen molar-refractivity contribution in [3.8, 4) is 5.75 Å². The first-order valence-corrected chi connectivity index (χ1v) is 7.87. The second-order valence-corrected chi connectivity index (χ2v) is 7.01. The molecule has 3 heteroatoms. The van der Waals surface area contributed by atoms with Crippen molar-refractivity contribution in [1.82, 2.24) is 5.32 Å². The number of hydrogen-bond donors (Lipinski definition) is 1. The van der Waals surface area contributed by atoms with Crippen molar-refractivity contribution in [2.24, 2.45) is 11.3 Å². The van der Waals surface area contributed by atoms with Crippen molar-refractivity contribution in [3.63, 3.8) is 0 Å². The van der Waals surface area contributed by atoms with E-state index in [0.717, 1.165) is 31.2 Å². The molecule has 1 N–H and O–H groups in total. The minimum atomic E-state index is 0.476. The van der Waals surface area contributed by atoms with E-state index in [9.17, 15) is 0 Å². The quantitative estimate of drug-likeness (QED) is 0.817. The Morgan fingerprint density at radius 1 is 1.37 bits per heavy atom. The lowest BCUT2D eigenvalue weighted by Gasteiger charge is -2.18. The summed E-state index contributed by atoms with van der Waals surface area (Å²) in [7, 11) is 1.73. The molecule has 1 aromatic rings. The summed E-state index contributed by atoms with van der Waals surface area (Å²) in [5.41, 5.74) is 1.84. The average Bonchev–Trinajstić information content (AvgIpc) is 3.12. The van der Waals surface area contributed by atoms with Crippen LogP contribution in [0.1, 0.15) is 32.3 Å². The maximum absolute atomic E-state index is 5.32. The number of methoxy groups -OCH3 is 1. The first-order chi connectivity index (χ1) is 9.04. The summed E-state index contributed by atoms with van der Waals surface area (Å²) in [5, 5.41) is 3.61. The Morgan fingerprint density at radius 3 is 2.68 bits per heavy atom. The molecule has 0 bridgehead atoms. The van der Waals surface area contributed by atoms with E-state index >= 15 is 0 Å². The minimum Gasteiger partial charge on any atom is -0.497 e. The summed E-state index contributed by atoms with van der Waals surface area (Å²) >= 11 is 3.66. The van der Waals surface area contributed by atoms with E-state index in [0.29, 0.717) is 5.41 Å². The van der Waals surface area contributed by atoms with Crippen LogP contribution in [0.3, 0.4) is 0 Å². The van der Waals surface area contributed by atoms with E-state index in [2.05, 4.69) is 47.2 Å². The van der Waals surface area contributed by atoms with Gasteiger partial charge in [0.2, 0.25) is 0 Å². The number of rotatable bonds is 7. The highest BCUT2D eigenvalue weighted by atomic mass is 79.9. The zero-order valence-corrected chi connectivity index (χ0v) is 13.7. The number of ether oxygens (including phenoxy) is 1. The summed E-state index contributed by atoms with van der Waals surface area (Å²) in [6.07, 6.45) is 3.80. The Labute approximate surface area is 125 Å². The van der Waals surface area contributed by atoms with Gasteiger partial charge in [-0.05, 0) is 60.9 Å². The van der Waals surface area contributed by atoms with Gasteiger partial charge in [0.05, 0.1) is 7.11 Å². The van der Waals surface area contributed by atoms with Gasteiger partial charge in [0.15, 0.2) is 0 Å². The Morgan fingerprint density at radius 2 is 2.11 bits per heavy atom. The highest BCUT2D eigenvalue weighted by molar-refractivity contribution is 9.10. The molecule has 0 unspecified atom stereocenters. The molecular weight excluding hydrogens is 302 g/mol. The van der Waals surface area contributed by atoms with Gasteiger partial charge < -0.3 is 10.1 Å². The van der Waals surface area contributed by atoms with Crippen LogP contribution in [0.5, 0.6) is 5.75 Å². The summed E-state index contributed by atoms with van der Waals surface area (Å²) in [6, 6.07) is 6.25. The van der Waals surface area contributed by atoms with Crippen LogP contribution in [0.25, 0.3) is 0 Å². The summed E-state index contributed by atoms with van der Waals surface area (Å²) < 4.78 is 6.52. The van der Waals surface area contributed by atoms with Crippen LogP contribution in [0, 0.1) is 11.3 Å². The van der Waals surface area contributed by atoms with Crippen molar-refractivity contribution in [2.75, 3.05) is 20.2 Å². The monoisotopic (exact) mass is 325 g/mol. The molecule has 1 aliphatic carbocycles. The molecule has 0 atom stereocenters. The second kappa shape index (κ2) is 6.27. The zero-order valence-electron chi connectivity index (χ0n) is 12.1. The molecular formula is C16H24BrNO. The van der Waals surface area contributed by atoms with Gasteiger partial charge in [-0.2, -0.15) is 0 Å². The van der Waals surface area contributed by atoms with Gasteiger partial charge in [0, 0.05) is 11.0 Å². The Balaban J connectivity index is 1.96. The van der Waals surface area contributed by atoms with Crippen LogP contribution in [-0.4, -0.2) is 20.2 Å². The summed E-state index contributed by atoms with van der Waals surface area (Å²) in [4.78, 5) is 0. The molecule has 1 saturated carbocycles. The standard InChI is InChI=1S/C16H24BrNO/c1-12(2)10-18-11-16(6-7-16)9-13-8-14(19-3)4-5-15(13)17/h4-5,8,12,18H,6-7,9-11H2,1-3H3. The third-order valence-corrected chi connectivity index (χ3v) is 4.60. The Bertz CT molecular complexity index is 427. The van der Waals surface area contributed by atoms with Crippen molar-refractivity contribution in [1.29, 1.82) is 0 Å². The molecule has 0 radical (unpaired) electrons. The lowest BCUT2D eigenvalue weighted by atomic mass is 9.96. The van der Waals surface area contributed by atoms with E-state index in [1.807, 2.05) is 6.07 Å². The summed E-state index contributed by atoms with van der Waals surface area (Å²) in [6.45, 7) is 6.76. The van der Waals surface area contributed by atoms with Crippen molar-refractivity contribution < 1.29 is 4.74 Å². The normalized spacial score (nSPS) is 16.7. The fraction of sp³-hybridized carbons (Fsp3) is 0.625. The molecule has 0 aliphatic heterocycles. The SMILES string of the molecule is COc1ccc(Br)c(CC2(CNCC(C)C)CC2)c1. The predicted molar refractivity (Wildman–Crippen MR) is 83.8 cm³/mol.